The molecule has 0 aromatic carbocycles. The van der Waals surface area contributed by atoms with Gasteiger partial charge in [0.05, 0.1) is 12.7 Å². The molecule has 1 amide bonds. The highest BCUT2D eigenvalue weighted by Crippen LogP contribution is 2.35. The van der Waals surface area contributed by atoms with Crippen LogP contribution in [0.2, 0.25) is 0 Å². The first-order chi connectivity index (χ1) is 7.99. The Morgan fingerprint density at radius 2 is 2.28 bits per heavy atom. The predicted octanol–water partition coefficient (Wildman–Crippen LogP) is 0.439. The van der Waals surface area contributed by atoms with E-state index in [4.69, 9.17) is 10.5 Å². The molecule has 6 heteroatoms. The molecule has 1 fully saturated rings. The fraction of sp³-hybridized carbons (Fsp3) is 0.917. The topological polar surface area (TPSA) is 84.6 Å². The van der Waals surface area contributed by atoms with Crippen molar-refractivity contribution in [2.45, 2.75) is 44.8 Å². The van der Waals surface area contributed by atoms with Crippen molar-refractivity contribution in [1.82, 2.24) is 5.32 Å². The number of carbonyl (C=O) groups excluding carboxylic acids is 1. The Hall–Kier alpha value is -0.360. The summed E-state index contributed by atoms with van der Waals surface area (Å²) < 4.78 is 4.83. The van der Waals surface area contributed by atoms with Crippen LogP contribution < -0.4 is 11.1 Å². The number of hydrogen-bond donors (Lipinski definition) is 3. The highest BCUT2D eigenvalue weighted by molar-refractivity contribution is 5.85. The zero-order chi connectivity index (χ0) is 12.9. The number of ether oxygens (including phenoxy) is 1. The molecule has 1 aliphatic carbocycles. The SMILES string of the molecule is COCC(N)C(=O)NCC1(C)CCCCC1O.Cl. The van der Waals surface area contributed by atoms with Crippen LogP contribution >= 0.6 is 12.4 Å². The van der Waals surface area contributed by atoms with Crippen LogP contribution in [0.15, 0.2) is 0 Å². The summed E-state index contributed by atoms with van der Waals surface area (Å²) >= 11 is 0. The van der Waals surface area contributed by atoms with Crippen molar-refractivity contribution in [2.24, 2.45) is 11.1 Å². The molecule has 0 aromatic rings. The van der Waals surface area contributed by atoms with E-state index in [1.807, 2.05) is 6.92 Å². The van der Waals surface area contributed by atoms with Gasteiger partial charge in [-0.05, 0) is 12.8 Å². The molecule has 0 radical (unpaired) electrons. The lowest BCUT2D eigenvalue weighted by Gasteiger charge is -2.38. The molecule has 1 rings (SSSR count). The van der Waals surface area contributed by atoms with Crippen molar-refractivity contribution in [3.05, 3.63) is 0 Å². The molecular weight excluding hydrogens is 256 g/mol. The Labute approximate surface area is 115 Å². The third-order valence-corrected chi connectivity index (χ3v) is 3.63. The molecule has 0 saturated heterocycles. The van der Waals surface area contributed by atoms with Gasteiger partial charge in [0.1, 0.15) is 6.04 Å². The second-order valence-electron chi connectivity index (χ2n) is 5.20. The van der Waals surface area contributed by atoms with Crippen LogP contribution in [0.1, 0.15) is 32.6 Å². The molecule has 1 aliphatic rings. The third-order valence-electron chi connectivity index (χ3n) is 3.63. The normalized spacial score (nSPS) is 29.2. The highest BCUT2D eigenvalue weighted by atomic mass is 35.5. The lowest BCUT2D eigenvalue weighted by Crippen LogP contribution is -2.50. The Kier molecular flexibility index (Phi) is 7.78. The van der Waals surface area contributed by atoms with Gasteiger partial charge in [0.15, 0.2) is 0 Å². The van der Waals surface area contributed by atoms with E-state index in [1.165, 1.54) is 7.11 Å². The van der Waals surface area contributed by atoms with E-state index in [-0.39, 0.29) is 36.4 Å². The van der Waals surface area contributed by atoms with E-state index in [1.54, 1.807) is 0 Å². The first-order valence-corrected chi connectivity index (χ1v) is 6.20. The number of nitrogens with one attached hydrogen (secondary N) is 1. The van der Waals surface area contributed by atoms with Crippen molar-refractivity contribution in [3.63, 3.8) is 0 Å². The number of halogens is 1. The molecule has 0 aliphatic heterocycles. The van der Waals surface area contributed by atoms with Crippen molar-refractivity contribution < 1.29 is 14.6 Å². The van der Waals surface area contributed by atoms with Gasteiger partial charge >= 0.3 is 0 Å². The van der Waals surface area contributed by atoms with Gasteiger partial charge < -0.3 is 20.9 Å². The maximum Gasteiger partial charge on any atom is 0.239 e. The van der Waals surface area contributed by atoms with Gasteiger partial charge in [0, 0.05) is 19.1 Å². The van der Waals surface area contributed by atoms with Crippen LogP contribution in [-0.4, -0.2) is 43.4 Å². The maximum absolute atomic E-state index is 11.6. The molecule has 18 heavy (non-hydrogen) atoms. The molecular formula is C12H25ClN2O3. The van der Waals surface area contributed by atoms with Gasteiger partial charge in [0.2, 0.25) is 5.91 Å². The van der Waals surface area contributed by atoms with Gasteiger partial charge in [-0.1, -0.05) is 19.8 Å². The molecule has 3 unspecified atom stereocenters. The van der Waals surface area contributed by atoms with Crippen LogP contribution in [0.3, 0.4) is 0 Å². The molecule has 4 N–H and O–H groups in total. The summed E-state index contributed by atoms with van der Waals surface area (Å²) in [7, 11) is 1.51. The third kappa shape index (κ3) is 4.72. The van der Waals surface area contributed by atoms with Gasteiger partial charge in [-0.15, -0.1) is 12.4 Å². The van der Waals surface area contributed by atoms with E-state index in [0.29, 0.717) is 6.54 Å². The molecule has 1 saturated carbocycles. The summed E-state index contributed by atoms with van der Waals surface area (Å²) in [6.07, 6.45) is 3.58. The number of aliphatic hydroxyl groups excluding tert-OH is 1. The Bertz CT molecular complexity index is 266. The second kappa shape index (κ2) is 7.94. The van der Waals surface area contributed by atoms with Crippen molar-refractivity contribution in [2.75, 3.05) is 20.3 Å². The standard InChI is InChI=1S/C12H24N2O3.ClH/c1-12(6-4-3-5-10(12)15)8-14-11(16)9(13)7-17-2;/h9-10,15H,3-8,13H2,1-2H3,(H,14,16);1H. The highest BCUT2D eigenvalue weighted by Gasteiger charge is 2.35. The fourth-order valence-corrected chi connectivity index (χ4v) is 2.26. The molecule has 0 heterocycles. The predicted molar refractivity (Wildman–Crippen MR) is 72.7 cm³/mol. The van der Waals surface area contributed by atoms with Gasteiger partial charge in [-0.2, -0.15) is 0 Å². The largest absolute Gasteiger partial charge is 0.392 e. The minimum atomic E-state index is -0.635. The van der Waals surface area contributed by atoms with Gasteiger partial charge in [0.25, 0.3) is 0 Å². The van der Waals surface area contributed by atoms with Gasteiger partial charge in [-0.3, -0.25) is 4.79 Å². The van der Waals surface area contributed by atoms with Crippen LogP contribution in [0.4, 0.5) is 0 Å². The molecule has 0 spiro atoms. The summed E-state index contributed by atoms with van der Waals surface area (Å²) in [5.41, 5.74) is 5.40. The van der Waals surface area contributed by atoms with Crippen LogP contribution in [0, 0.1) is 5.41 Å². The smallest absolute Gasteiger partial charge is 0.239 e. The summed E-state index contributed by atoms with van der Waals surface area (Å²) in [5, 5.41) is 12.8. The Morgan fingerprint density at radius 1 is 1.61 bits per heavy atom. The maximum atomic E-state index is 11.6. The summed E-state index contributed by atoms with van der Waals surface area (Å²) in [4.78, 5) is 11.6. The van der Waals surface area contributed by atoms with Gasteiger partial charge in [-0.25, -0.2) is 0 Å². The van der Waals surface area contributed by atoms with Crippen LogP contribution in [0.5, 0.6) is 0 Å². The van der Waals surface area contributed by atoms with Crippen molar-refractivity contribution in [3.8, 4) is 0 Å². The van der Waals surface area contributed by atoms with Crippen molar-refractivity contribution >= 4 is 18.3 Å². The van der Waals surface area contributed by atoms with E-state index < -0.39 is 6.04 Å². The molecule has 0 bridgehead atoms. The Balaban J connectivity index is 0.00000289. The quantitative estimate of drug-likeness (QED) is 0.682. The summed E-state index contributed by atoms with van der Waals surface area (Å²) in [6, 6.07) is -0.635. The summed E-state index contributed by atoms with van der Waals surface area (Å²) in [6.45, 7) is 2.70. The minimum absolute atomic E-state index is 0. The number of nitrogens with two attached hydrogens (primary N) is 1. The van der Waals surface area contributed by atoms with E-state index in [2.05, 4.69) is 5.32 Å². The number of aliphatic hydroxyl groups is 1. The molecule has 108 valence electrons. The minimum Gasteiger partial charge on any atom is -0.392 e. The fourth-order valence-electron chi connectivity index (χ4n) is 2.26. The number of rotatable bonds is 5. The first kappa shape index (κ1) is 17.6. The lowest BCUT2D eigenvalue weighted by atomic mass is 9.73. The summed E-state index contributed by atoms with van der Waals surface area (Å²) in [5.74, 6) is -0.217. The first-order valence-electron chi connectivity index (χ1n) is 6.20. The number of amides is 1. The van der Waals surface area contributed by atoms with E-state index in [0.717, 1.165) is 25.7 Å². The van der Waals surface area contributed by atoms with E-state index >= 15 is 0 Å². The number of hydrogen-bond acceptors (Lipinski definition) is 4. The molecule has 5 nitrogen and oxygen atoms in total. The lowest BCUT2D eigenvalue weighted by molar-refractivity contribution is -0.124. The monoisotopic (exact) mass is 280 g/mol. The zero-order valence-corrected chi connectivity index (χ0v) is 12.0. The van der Waals surface area contributed by atoms with Crippen molar-refractivity contribution in [1.29, 1.82) is 0 Å². The van der Waals surface area contributed by atoms with E-state index in [9.17, 15) is 9.90 Å². The average molecular weight is 281 g/mol. The zero-order valence-electron chi connectivity index (χ0n) is 11.1. The number of methoxy groups -OCH3 is 1. The van der Waals surface area contributed by atoms with Crippen LogP contribution in [0.25, 0.3) is 0 Å². The molecule has 3 atom stereocenters. The number of carbonyl (C=O) groups is 1. The molecule has 0 aromatic heterocycles. The second-order valence-corrected chi connectivity index (χ2v) is 5.20. The average Bonchev–Trinajstić information content (AvgIpc) is 2.30. The Morgan fingerprint density at radius 3 is 2.83 bits per heavy atom. The van der Waals surface area contributed by atoms with Crippen LogP contribution in [-0.2, 0) is 9.53 Å².